The number of rotatable bonds is 3. The van der Waals surface area contributed by atoms with Crippen LogP contribution in [0.15, 0.2) is 0 Å². The molecule has 0 radical (unpaired) electrons. The molecule has 0 saturated carbocycles. The molecule has 0 aliphatic rings. The van der Waals surface area contributed by atoms with Crippen LogP contribution in [0, 0.1) is 5.41 Å². The molecule has 3 heteroatoms. The number of alkyl halides is 1. The van der Waals surface area contributed by atoms with Crippen LogP contribution in [0.25, 0.3) is 0 Å². The minimum Gasteiger partial charge on any atom is -0.480 e. The fraction of sp³-hybridized carbons (Fsp3) is 0.800. The van der Waals surface area contributed by atoms with Crippen molar-refractivity contribution in [3.63, 3.8) is 0 Å². The number of hydrogen-bond acceptors (Lipinski definition) is 2. The molecule has 2 nitrogen and oxygen atoms in total. The van der Waals surface area contributed by atoms with Crippen LogP contribution in [0.4, 0.5) is 0 Å². The van der Waals surface area contributed by atoms with E-state index in [9.17, 15) is 0 Å². The summed E-state index contributed by atoms with van der Waals surface area (Å²) in [6.45, 7) is 2.32. The van der Waals surface area contributed by atoms with E-state index < -0.39 is 0 Å². The van der Waals surface area contributed by atoms with E-state index in [1.165, 1.54) is 0 Å². The Labute approximate surface area is 54.3 Å². The van der Waals surface area contributed by atoms with Crippen LogP contribution in [-0.4, -0.2) is 18.4 Å². The number of nitrogens with one attached hydrogen (secondary N) is 1. The molecule has 0 amide bonds. The van der Waals surface area contributed by atoms with Crippen LogP contribution in [0.2, 0.25) is 0 Å². The smallest absolute Gasteiger partial charge is 0.180 e. The first-order valence-electron chi connectivity index (χ1n) is 2.57. The first-order valence-corrected chi connectivity index (χ1v) is 3.11. The van der Waals surface area contributed by atoms with Crippen LogP contribution in [0.1, 0.15) is 13.3 Å². The lowest BCUT2D eigenvalue weighted by molar-refractivity contribution is 0.318. The molecule has 0 unspecified atom stereocenters. The molecule has 0 fully saturated rings. The summed E-state index contributed by atoms with van der Waals surface area (Å²) in [5.41, 5.74) is 0. The summed E-state index contributed by atoms with van der Waals surface area (Å²) in [7, 11) is 0. The Hall–Kier alpha value is -0.240. The van der Waals surface area contributed by atoms with Gasteiger partial charge in [0.25, 0.3) is 0 Å². The topological polar surface area (TPSA) is 33.1 Å². The van der Waals surface area contributed by atoms with Crippen molar-refractivity contribution in [3.05, 3.63) is 0 Å². The first-order chi connectivity index (χ1) is 3.81. The predicted molar refractivity (Wildman–Crippen MR) is 34.7 cm³/mol. The molecule has 1 N–H and O–H groups in total. The Morgan fingerprint density at radius 2 is 2.38 bits per heavy atom. The Kier molecular flexibility index (Phi) is 4.76. The van der Waals surface area contributed by atoms with Crippen LogP contribution >= 0.6 is 11.6 Å². The van der Waals surface area contributed by atoms with Crippen molar-refractivity contribution in [3.8, 4) is 0 Å². The maximum atomic E-state index is 6.96. The normalized spacial score (nSPS) is 8.75. The molecule has 0 aromatic carbocycles. The average molecular weight is 136 g/mol. The standard InChI is InChI=1S/C5H10ClNO/c1-2-5(7)8-4-3-6/h7H,2-4H2,1H3. The molecule has 8 heavy (non-hydrogen) atoms. The highest BCUT2D eigenvalue weighted by atomic mass is 35.5. The van der Waals surface area contributed by atoms with E-state index in [2.05, 4.69) is 0 Å². The molecular weight excluding hydrogens is 126 g/mol. The van der Waals surface area contributed by atoms with Gasteiger partial charge in [-0.1, -0.05) is 6.92 Å². The van der Waals surface area contributed by atoms with E-state index in [-0.39, 0.29) is 0 Å². The second kappa shape index (κ2) is 4.91. The van der Waals surface area contributed by atoms with Gasteiger partial charge in [0.15, 0.2) is 5.90 Å². The van der Waals surface area contributed by atoms with E-state index in [0.29, 0.717) is 24.8 Å². The van der Waals surface area contributed by atoms with Gasteiger partial charge in [-0.15, -0.1) is 11.6 Å². The summed E-state index contributed by atoms with van der Waals surface area (Å²) in [5.74, 6) is 0.771. The SMILES string of the molecule is CCC(=N)OCCCl. The van der Waals surface area contributed by atoms with Crippen molar-refractivity contribution in [1.82, 2.24) is 0 Å². The van der Waals surface area contributed by atoms with E-state index in [1.54, 1.807) is 0 Å². The number of hydrogen-bond donors (Lipinski definition) is 1. The van der Waals surface area contributed by atoms with Crippen molar-refractivity contribution < 1.29 is 4.74 Å². The van der Waals surface area contributed by atoms with Gasteiger partial charge in [0.1, 0.15) is 6.61 Å². The molecule has 0 heterocycles. The molecule has 0 atom stereocenters. The zero-order chi connectivity index (χ0) is 6.41. The molecule has 0 rings (SSSR count). The molecular formula is C5H10ClNO. The zero-order valence-corrected chi connectivity index (χ0v) is 5.66. The molecule has 0 aliphatic heterocycles. The summed E-state index contributed by atoms with van der Waals surface area (Å²) in [6.07, 6.45) is 0.650. The van der Waals surface area contributed by atoms with E-state index in [1.807, 2.05) is 6.92 Å². The van der Waals surface area contributed by atoms with Gasteiger partial charge < -0.3 is 4.74 Å². The summed E-state index contributed by atoms with van der Waals surface area (Å²) in [4.78, 5) is 0. The minimum absolute atomic E-state index is 0.311. The van der Waals surface area contributed by atoms with Crippen molar-refractivity contribution in [2.45, 2.75) is 13.3 Å². The summed E-state index contributed by atoms with van der Waals surface area (Å²) in [6, 6.07) is 0. The second-order valence-electron chi connectivity index (χ2n) is 1.31. The Balaban J connectivity index is 2.99. The maximum Gasteiger partial charge on any atom is 0.180 e. The van der Waals surface area contributed by atoms with E-state index in [0.717, 1.165) is 0 Å². The van der Waals surface area contributed by atoms with Crippen LogP contribution in [0.5, 0.6) is 0 Å². The Bertz CT molecular complexity index is 74.8. The molecule has 0 aliphatic carbocycles. The lowest BCUT2D eigenvalue weighted by Crippen LogP contribution is -2.03. The quantitative estimate of drug-likeness (QED) is 0.356. The summed E-state index contributed by atoms with van der Waals surface area (Å²) < 4.78 is 4.79. The van der Waals surface area contributed by atoms with Gasteiger partial charge in [-0.3, -0.25) is 5.41 Å². The third-order valence-electron chi connectivity index (χ3n) is 0.675. The summed E-state index contributed by atoms with van der Waals surface area (Å²) in [5, 5.41) is 6.96. The maximum absolute atomic E-state index is 6.96. The molecule has 48 valence electrons. The average Bonchev–Trinajstić information content (AvgIpc) is 1.83. The van der Waals surface area contributed by atoms with Gasteiger partial charge in [-0.25, -0.2) is 0 Å². The number of halogens is 1. The van der Waals surface area contributed by atoms with Gasteiger partial charge in [0.05, 0.1) is 5.88 Å². The lowest BCUT2D eigenvalue weighted by atomic mass is 10.5. The molecule has 0 saturated heterocycles. The first kappa shape index (κ1) is 7.76. The van der Waals surface area contributed by atoms with Gasteiger partial charge in [-0.05, 0) is 0 Å². The summed E-state index contributed by atoms with van der Waals surface area (Å²) >= 11 is 5.28. The van der Waals surface area contributed by atoms with Crippen LogP contribution in [-0.2, 0) is 4.74 Å². The van der Waals surface area contributed by atoms with Gasteiger partial charge in [0, 0.05) is 6.42 Å². The number of ether oxygens (including phenoxy) is 1. The fourth-order valence-electron chi connectivity index (χ4n) is 0.264. The third kappa shape index (κ3) is 3.93. The van der Waals surface area contributed by atoms with Crippen molar-refractivity contribution >= 4 is 17.5 Å². The Morgan fingerprint density at radius 1 is 1.75 bits per heavy atom. The van der Waals surface area contributed by atoms with Crippen molar-refractivity contribution in [2.75, 3.05) is 12.5 Å². The van der Waals surface area contributed by atoms with Gasteiger partial charge >= 0.3 is 0 Å². The zero-order valence-electron chi connectivity index (χ0n) is 4.91. The highest BCUT2D eigenvalue weighted by Crippen LogP contribution is 1.85. The van der Waals surface area contributed by atoms with Gasteiger partial charge in [-0.2, -0.15) is 0 Å². The van der Waals surface area contributed by atoms with Crippen molar-refractivity contribution in [2.24, 2.45) is 0 Å². The van der Waals surface area contributed by atoms with Crippen molar-refractivity contribution in [1.29, 1.82) is 5.41 Å². The molecule has 0 spiro atoms. The minimum atomic E-state index is 0.311. The molecule has 0 aromatic rings. The molecule has 0 bridgehead atoms. The second-order valence-corrected chi connectivity index (χ2v) is 1.69. The third-order valence-corrected chi connectivity index (χ3v) is 0.829. The van der Waals surface area contributed by atoms with Crippen LogP contribution in [0.3, 0.4) is 0 Å². The fourth-order valence-corrected chi connectivity index (χ4v) is 0.341. The predicted octanol–water partition coefficient (Wildman–Crippen LogP) is 1.63. The highest BCUT2D eigenvalue weighted by Gasteiger charge is 1.88. The van der Waals surface area contributed by atoms with Gasteiger partial charge in [0.2, 0.25) is 0 Å². The Morgan fingerprint density at radius 3 is 2.75 bits per heavy atom. The van der Waals surface area contributed by atoms with E-state index in [4.69, 9.17) is 21.7 Å². The monoisotopic (exact) mass is 135 g/mol. The lowest BCUT2D eigenvalue weighted by Gasteiger charge is -1.99. The largest absolute Gasteiger partial charge is 0.480 e. The van der Waals surface area contributed by atoms with Crippen LogP contribution < -0.4 is 0 Å². The van der Waals surface area contributed by atoms with E-state index >= 15 is 0 Å². The highest BCUT2D eigenvalue weighted by molar-refractivity contribution is 6.18. The molecule has 0 aromatic heterocycles.